The molecule has 1 atom stereocenters. The first-order valence-corrected chi connectivity index (χ1v) is 10.7. The summed E-state index contributed by atoms with van der Waals surface area (Å²) in [7, 11) is -3.83. The molecule has 7 nitrogen and oxygen atoms in total. The highest BCUT2D eigenvalue weighted by Crippen LogP contribution is 2.21. The van der Waals surface area contributed by atoms with Crippen molar-refractivity contribution in [3.63, 3.8) is 0 Å². The third-order valence-electron chi connectivity index (χ3n) is 4.02. The molecule has 0 spiro atoms. The van der Waals surface area contributed by atoms with Crippen LogP contribution >= 0.6 is 0 Å². The first-order chi connectivity index (χ1) is 13.6. The van der Waals surface area contributed by atoms with Crippen LogP contribution in [0.15, 0.2) is 53.4 Å². The molecule has 0 saturated heterocycles. The van der Waals surface area contributed by atoms with Gasteiger partial charge in [0.05, 0.1) is 4.90 Å². The van der Waals surface area contributed by atoms with Crippen LogP contribution < -0.4 is 14.8 Å². The molecule has 8 heteroatoms. The zero-order valence-electron chi connectivity index (χ0n) is 16.9. The second kappa shape index (κ2) is 9.56. The zero-order valence-corrected chi connectivity index (χ0v) is 17.7. The molecule has 0 aliphatic rings. The van der Waals surface area contributed by atoms with Crippen LogP contribution in [0, 0.1) is 5.92 Å². The highest BCUT2D eigenvalue weighted by molar-refractivity contribution is 7.92. The highest BCUT2D eigenvalue weighted by atomic mass is 32.2. The monoisotopic (exact) mass is 418 g/mol. The van der Waals surface area contributed by atoms with Gasteiger partial charge in [-0.25, -0.2) is 8.42 Å². The lowest BCUT2D eigenvalue weighted by Gasteiger charge is -2.16. The van der Waals surface area contributed by atoms with Crippen molar-refractivity contribution in [3.05, 3.63) is 54.1 Å². The SMILES string of the molecule is CC(=O)c1cccc(NS(=O)(=O)c2ccc(O[C@@H](C)C(=O)NCC(C)C)cc2)c1. The predicted octanol–water partition coefficient (Wildman–Crippen LogP) is 3.23. The fraction of sp³-hybridized carbons (Fsp3) is 0.333. The Morgan fingerprint density at radius 3 is 2.28 bits per heavy atom. The van der Waals surface area contributed by atoms with E-state index in [0.29, 0.717) is 29.5 Å². The number of sulfonamides is 1. The van der Waals surface area contributed by atoms with E-state index >= 15 is 0 Å². The molecule has 0 saturated carbocycles. The molecule has 2 aromatic rings. The van der Waals surface area contributed by atoms with Gasteiger partial charge in [-0.3, -0.25) is 14.3 Å². The number of amides is 1. The number of carbonyl (C=O) groups is 2. The van der Waals surface area contributed by atoms with E-state index in [9.17, 15) is 18.0 Å². The van der Waals surface area contributed by atoms with Crippen molar-refractivity contribution in [1.82, 2.24) is 5.32 Å². The molecule has 156 valence electrons. The Morgan fingerprint density at radius 2 is 1.69 bits per heavy atom. The van der Waals surface area contributed by atoms with Crippen molar-refractivity contribution in [2.45, 2.75) is 38.7 Å². The van der Waals surface area contributed by atoms with Crippen LogP contribution in [0.3, 0.4) is 0 Å². The van der Waals surface area contributed by atoms with Crippen LogP contribution in [0.4, 0.5) is 5.69 Å². The highest BCUT2D eigenvalue weighted by Gasteiger charge is 2.17. The van der Waals surface area contributed by atoms with Crippen molar-refractivity contribution in [2.75, 3.05) is 11.3 Å². The Labute approximate surface area is 171 Å². The molecular formula is C21H26N2O5S. The summed E-state index contributed by atoms with van der Waals surface area (Å²) >= 11 is 0. The minimum Gasteiger partial charge on any atom is -0.481 e. The Morgan fingerprint density at radius 1 is 1.03 bits per heavy atom. The molecule has 2 rings (SSSR count). The lowest BCUT2D eigenvalue weighted by molar-refractivity contribution is -0.127. The third-order valence-corrected chi connectivity index (χ3v) is 5.42. The van der Waals surface area contributed by atoms with Gasteiger partial charge in [-0.05, 0) is 56.2 Å². The number of ketones is 1. The molecular weight excluding hydrogens is 392 g/mol. The molecule has 0 unspecified atom stereocenters. The minimum absolute atomic E-state index is 0.0370. The number of benzene rings is 2. The van der Waals surface area contributed by atoms with Gasteiger partial charge in [-0.15, -0.1) is 0 Å². The van der Waals surface area contributed by atoms with E-state index in [0.717, 1.165) is 0 Å². The van der Waals surface area contributed by atoms with Crippen LogP contribution in [0.2, 0.25) is 0 Å². The average Bonchev–Trinajstić information content (AvgIpc) is 2.66. The van der Waals surface area contributed by atoms with Crippen molar-refractivity contribution < 1.29 is 22.7 Å². The van der Waals surface area contributed by atoms with Crippen LogP contribution in [0.25, 0.3) is 0 Å². The summed E-state index contributed by atoms with van der Waals surface area (Å²) in [5.74, 6) is 0.329. The maximum Gasteiger partial charge on any atom is 0.261 e. The topological polar surface area (TPSA) is 102 Å². The summed E-state index contributed by atoms with van der Waals surface area (Å²) in [6.45, 7) is 7.59. The first-order valence-electron chi connectivity index (χ1n) is 9.26. The number of hydrogen-bond acceptors (Lipinski definition) is 5. The van der Waals surface area contributed by atoms with Gasteiger partial charge in [0.1, 0.15) is 5.75 Å². The van der Waals surface area contributed by atoms with Crippen molar-refractivity contribution in [3.8, 4) is 5.75 Å². The van der Waals surface area contributed by atoms with Gasteiger partial charge in [0.25, 0.3) is 15.9 Å². The fourth-order valence-corrected chi connectivity index (χ4v) is 3.47. The quantitative estimate of drug-likeness (QED) is 0.609. The summed E-state index contributed by atoms with van der Waals surface area (Å²) in [5, 5.41) is 2.78. The number of rotatable bonds is 9. The Bertz CT molecular complexity index is 969. The Kier molecular flexibility index (Phi) is 7.39. The van der Waals surface area contributed by atoms with Crippen LogP contribution in [-0.4, -0.2) is 32.8 Å². The van der Waals surface area contributed by atoms with E-state index < -0.39 is 16.1 Å². The molecule has 2 N–H and O–H groups in total. The van der Waals surface area contributed by atoms with E-state index in [4.69, 9.17) is 4.74 Å². The normalized spacial score (nSPS) is 12.3. The maximum atomic E-state index is 12.6. The number of ether oxygens (including phenoxy) is 1. The Balaban J connectivity index is 2.05. The largest absolute Gasteiger partial charge is 0.481 e. The van der Waals surface area contributed by atoms with Gasteiger partial charge in [0.15, 0.2) is 11.9 Å². The molecule has 0 aromatic heterocycles. The van der Waals surface area contributed by atoms with Gasteiger partial charge in [-0.1, -0.05) is 26.0 Å². The summed E-state index contributed by atoms with van der Waals surface area (Å²) in [6, 6.07) is 12.0. The molecule has 2 aromatic carbocycles. The lowest BCUT2D eigenvalue weighted by atomic mass is 10.1. The van der Waals surface area contributed by atoms with Gasteiger partial charge in [0, 0.05) is 17.8 Å². The predicted molar refractivity (Wildman–Crippen MR) is 112 cm³/mol. The van der Waals surface area contributed by atoms with Gasteiger partial charge >= 0.3 is 0 Å². The van der Waals surface area contributed by atoms with Crippen molar-refractivity contribution in [1.29, 1.82) is 0 Å². The van der Waals surface area contributed by atoms with E-state index in [1.165, 1.54) is 37.3 Å². The molecule has 0 bridgehead atoms. The minimum atomic E-state index is -3.83. The molecule has 0 aliphatic heterocycles. The Hall–Kier alpha value is -2.87. The average molecular weight is 419 g/mol. The second-order valence-electron chi connectivity index (χ2n) is 7.11. The summed E-state index contributed by atoms with van der Waals surface area (Å²) < 4.78 is 33.2. The second-order valence-corrected chi connectivity index (χ2v) is 8.80. The van der Waals surface area contributed by atoms with E-state index in [-0.39, 0.29) is 16.6 Å². The van der Waals surface area contributed by atoms with Crippen LogP contribution in [-0.2, 0) is 14.8 Å². The van der Waals surface area contributed by atoms with Crippen molar-refractivity contribution in [2.24, 2.45) is 5.92 Å². The molecule has 0 aliphatic carbocycles. The molecule has 1 amide bonds. The van der Waals surface area contributed by atoms with E-state index in [1.807, 2.05) is 13.8 Å². The third kappa shape index (κ3) is 6.60. The molecule has 0 heterocycles. The standard InChI is InChI=1S/C21H26N2O5S/c1-14(2)13-22-21(25)16(4)28-19-8-10-20(11-9-19)29(26,27)23-18-7-5-6-17(12-18)15(3)24/h5-12,14,16,23H,13H2,1-4H3,(H,22,25)/t16-/m0/s1. The number of hydrogen-bond donors (Lipinski definition) is 2. The van der Waals surface area contributed by atoms with E-state index in [1.54, 1.807) is 25.1 Å². The maximum absolute atomic E-state index is 12.6. The summed E-state index contributed by atoms with van der Waals surface area (Å²) in [5.41, 5.74) is 0.715. The van der Waals surface area contributed by atoms with Crippen LogP contribution in [0.5, 0.6) is 5.75 Å². The van der Waals surface area contributed by atoms with Crippen LogP contribution in [0.1, 0.15) is 38.1 Å². The smallest absolute Gasteiger partial charge is 0.261 e. The van der Waals surface area contributed by atoms with Gasteiger partial charge in [0.2, 0.25) is 0 Å². The van der Waals surface area contributed by atoms with E-state index in [2.05, 4.69) is 10.0 Å². The van der Waals surface area contributed by atoms with Gasteiger partial charge < -0.3 is 10.1 Å². The number of nitrogens with one attached hydrogen (secondary N) is 2. The zero-order chi connectivity index (χ0) is 21.6. The lowest BCUT2D eigenvalue weighted by Crippen LogP contribution is -2.38. The first kappa shape index (κ1) is 22.4. The summed E-state index contributed by atoms with van der Waals surface area (Å²) in [4.78, 5) is 23.5. The van der Waals surface area contributed by atoms with Crippen molar-refractivity contribution >= 4 is 27.4 Å². The number of Topliss-reactive ketones (excluding diaryl/α,β-unsaturated/α-hetero) is 1. The molecule has 0 fully saturated rings. The number of anilines is 1. The van der Waals surface area contributed by atoms with Gasteiger partial charge in [-0.2, -0.15) is 0 Å². The molecule has 29 heavy (non-hydrogen) atoms. The summed E-state index contributed by atoms with van der Waals surface area (Å²) in [6.07, 6.45) is -0.705. The fourth-order valence-electron chi connectivity index (χ4n) is 2.42. The molecule has 0 radical (unpaired) electrons. The number of carbonyl (C=O) groups excluding carboxylic acids is 2.